The SMILES string of the molecule is CC(=O)NC1C(OC2C(CO)OC(O)C(NC(C)=O)C2OC(C)C(=O)NC(C)C(=O)NC(CCC(=O)NC(CCCCNC(=O)CNC(=O)CNC(=O)C(CO)NC(=O)CNC(=O)CN)C(=O)NC(C)C(=O)O)C(N)=O)OC(CO)C(O)C1O. The van der Waals surface area contributed by atoms with Gasteiger partial charge in [0.05, 0.1) is 46.0 Å². The summed E-state index contributed by atoms with van der Waals surface area (Å²) in [6.07, 6.45) is -15.9. The van der Waals surface area contributed by atoms with Gasteiger partial charge in [-0.25, -0.2) is 0 Å². The Hall–Kier alpha value is -7.33. The van der Waals surface area contributed by atoms with Crippen molar-refractivity contribution in [1.29, 1.82) is 0 Å². The van der Waals surface area contributed by atoms with E-state index in [0.29, 0.717) is 0 Å². The zero-order valence-corrected chi connectivity index (χ0v) is 46.7. The van der Waals surface area contributed by atoms with Gasteiger partial charge in [0, 0.05) is 26.8 Å². The number of aliphatic carboxylic acids is 1. The van der Waals surface area contributed by atoms with Crippen LogP contribution < -0.4 is 70.0 Å². The Labute approximate surface area is 479 Å². The molecule has 0 radical (unpaired) electrons. The van der Waals surface area contributed by atoms with E-state index in [1.807, 2.05) is 0 Å². The molecule has 2 rings (SSSR count). The standard InChI is InChI=1S/C47H79N13O24/c1-19(54-42(75)21(3)81-39-35(57-23(5)65)46(80)82-28(18-63)38(39)84-47-34(56-22(4)64)37(72)36(71)27(17-62)83-47)41(74)60-24(40(49)73)9-10-29(66)58-25(44(77)55-20(2)45(78)79)8-6-7-11-50-31(68)13-52-32(69)14-53-43(76)26(16-61)59-33(70)15-51-30(67)12-48/h19-21,24-28,34-39,46-47,61-63,71-72,80H,6-18,48H2,1-5H3,(H2,49,73)(H,50,68)(H,51,67)(H,52,69)(H,53,76)(H,54,75)(H,55,77)(H,56,64)(H,57,65)(H,58,66)(H,59,70)(H,60,74)(H,78,79). The van der Waals surface area contributed by atoms with E-state index in [1.165, 1.54) is 13.8 Å². The first-order chi connectivity index (χ1) is 39.5. The van der Waals surface area contributed by atoms with Gasteiger partial charge in [-0.05, 0) is 46.5 Å². The lowest BCUT2D eigenvalue weighted by Crippen LogP contribution is -2.70. The molecule has 0 bridgehead atoms. The summed E-state index contributed by atoms with van der Waals surface area (Å²) in [7, 11) is 0. The third-order valence-electron chi connectivity index (χ3n) is 12.5. The Morgan fingerprint density at radius 3 is 1.71 bits per heavy atom. The van der Waals surface area contributed by atoms with Crippen LogP contribution in [0.5, 0.6) is 0 Å². The monoisotopic (exact) mass is 1210 g/mol. The van der Waals surface area contributed by atoms with Crippen LogP contribution in [-0.4, -0.2) is 263 Å². The predicted molar refractivity (Wildman–Crippen MR) is 279 cm³/mol. The molecule has 0 aromatic carbocycles. The first-order valence-corrected chi connectivity index (χ1v) is 26.3. The van der Waals surface area contributed by atoms with Crippen molar-refractivity contribution in [3.05, 3.63) is 0 Å². The zero-order valence-electron chi connectivity index (χ0n) is 46.7. The number of amides is 12. The smallest absolute Gasteiger partial charge is 0.325 e. The highest BCUT2D eigenvalue weighted by Crippen LogP contribution is 2.31. The van der Waals surface area contributed by atoms with Crippen LogP contribution in [0.4, 0.5) is 0 Å². The minimum absolute atomic E-state index is 0.0154. The summed E-state index contributed by atoms with van der Waals surface area (Å²) in [5.74, 6) is -11.7. The molecule has 0 aromatic rings. The molecule has 476 valence electrons. The second kappa shape index (κ2) is 36.4. The van der Waals surface area contributed by atoms with Gasteiger partial charge in [-0.2, -0.15) is 0 Å². The van der Waals surface area contributed by atoms with E-state index < -0.39 is 227 Å². The molecule has 37 heteroatoms. The van der Waals surface area contributed by atoms with Gasteiger partial charge in [0.1, 0.15) is 85.0 Å². The van der Waals surface area contributed by atoms with Crippen LogP contribution >= 0.6 is 0 Å². The molecule has 12 amide bonds. The lowest BCUT2D eigenvalue weighted by Gasteiger charge is -2.48. The fourth-order valence-electron chi connectivity index (χ4n) is 7.97. The molecule has 2 heterocycles. The highest BCUT2D eigenvalue weighted by molar-refractivity contribution is 5.94. The number of carboxylic acids is 1. The van der Waals surface area contributed by atoms with Crippen molar-refractivity contribution in [2.24, 2.45) is 11.5 Å². The minimum Gasteiger partial charge on any atom is -0.480 e. The largest absolute Gasteiger partial charge is 0.480 e. The van der Waals surface area contributed by atoms with Gasteiger partial charge in [-0.1, -0.05) is 0 Å². The Balaban J connectivity index is 2.04. The number of ether oxygens (including phenoxy) is 4. The minimum atomic E-state index is -1.92. The lowest BCUT2D eigenvalue weighted by molar-refractivity contribution is -0.333. The number of hydrogen-bond acceptors (Lipinski definition) is 24. The molecule has 0 saturated carbocycles. The number of rotatable bonds is 35. The first-order valence-electron chi connectivity index (χ1n) is 26.3. The second-order valence-electron chi connectivity index (χ2n) is 19.3. The number of hydrogen-bond donors (Lipinski definition) is 20. The van der Waals surface area contributed by atoms with Gasteiger partial charge in [0.2, 0.25) is 70.9 Å². The molecule has 2 aliphatic heterocycles. The van der Waals surface area contributed by atoms with E-state index in [1.54, 1.807) is 0 Å². The molecule has 37 nitrogen and oxygen atoms in total. The van der Waals surface area contributed by atoms with Crippen molar-refractivity contribution in [2.45, 2.75) is 164 Å². The first kappa shape index (κ1) is 72.8. The number of carboxylic acid groups (broad SMARTS) is 1. The number of unbranched alkanes of at least 4 members (excludes halogenated alkanes) is 1. The summed E-state index contributed by atoms with van der Waals surface area (Å²) in [6.45, 7) is 0.916. The molecule has 0 spiro atoms. The van der Waals surface area contributed by atoms with Crippen molar-refractivity contribution in [2.75, 3.05) is 52.5 Å². The maximum absolute atomic E-state index is 13.6. The molecule has 22 N–H and O–H groups in total. The maximum Gasteiger partial charge on any atom is 0.325 e. The van der Waals surface area contributed by atoms with Crippen molar-refractivity contribution >= 4 is 76.9 Å². The Morgan fingerprint density at radius 2 is 1.13 bits per heavy atom. The molecular weight excluding hydrogens is 1130 g/mol. The Kier molecular flexibility index (Phi) is 31.5. The second-order valence-corrected chi connectivity index (χ2v) is 19.3. The van der Waals surface area contributed by atoms with Crippen LogP contribution in [0.1, 0.15) is 66.7 Å². The van der Waals surface area contributed by atoms with E-state index in [0.717, 1.165) is 20.8 Å². The topological polar surface area (TPSA) is 585 Å². The number of nitrogens with one attached hydrogen (secondary N) is 11. The molecule has 2 saturated heterocycles. The van der Waals surface area contributed by atoms with Crippen LogP contribution in [0, 0.1) is 0 Å². The van der Waals surface area contributed by atoms with Crippen molar-refractivity contribution in [3.8, 4) is 0 Å². The number of primary amides is 1. The quantitative estimate of drug-likeness (QED) is 0.0262. The van der Waals surface area contributed by atoms with Crippen LogP contribution in [0.25, 0.3) is 0 Å². The van der Waals surface area contributed by atoms with E-state index in [-0.39, 0.29) is 32.4 Å². The van der Waals surface area contributed by atoms with Crippen molar-refractivity contribution in [1.82, 2.24) is 58.5 Å². The third kappa shape index (κ3) is 24.5. The summed E-state index contributed by atoms with van der Waals surface area (Å²) >= 11 is 0. The molecule has 2 aliphatic rings. The number of carbonyl (C=O) groups is 13. The van der Waals surface area contributed by atoms with E-state index >= 15 is 0 Å². The van der Waals surface area contributed by atoms with Crippen molar-refractivity contribution in [3.63, 3.8) is 0 Å². The van der Waals surface area contributed by atoms with Gasteiger partial charge in [0.15, 0.2) is 12.6 Å². The normalized spacial score (nSPS) is 24.0. The third-order valence-corrected chi connectivity index (χ3v) is 12.5. The summed E-state index contributed by atoms with van der Waals surface area (Å²) in [5.41, 5.74) is 10.7. The van der Waals surface area contributed by atoms with Gasteiger partial charge in [0.25, 0.3) is 0 Å². The number of nitrogens with two attached hydrogens (primary N) is 2. The zero-order chi connectivity index (χ0) is 63.5. The lowest BCUT2D eigenvalue weighted by atomic mass is 9.94. The number of aliphatic hydroxyl groups is 6. The highest BCUT2D eigenvalue weighted by atomic mass is 16.7. The molecule has 2 fully saturated rings. The average molecular weight is 1210 g/mol. The van der Waals surface area contributed by atoms with Gasteiger partial charge in [-0.3, -0.25) is 62.3 Å². The maximum atomic E-state index is 13.6. The number of aliphatic hydroxyl groups excluding tert-OH is 6. The fourth-order valence-corrected chi connectivity index (χ4v) is 7.97. The van der Waals surface area contributed by atoms with Crippen LogP contribution in [0.2, 0.25) is 0 Å². The summed E-state index contributed by atoms with van der Waals surface area (Å²) in [5, 5.41) is 96.5. The molecule has 0 aliphatic carbocycles. The van der Waals surface area contributed by atoms with Crippen molar-refractivity contribution < 1.29 is 117 Å². The predicted octanol–water partition coefficient (Wildman–Crippen LogP) is -12.3. The van der Waals surface area contributed by atoms with Gasteiger partial charge in [-0.15, -0.1) is 0 Å². The molecule has 16 unspecified atom stereocenters. The average Bonchev–Trinajstić information content (AvgIpc) is 3.44. The molecule has 0 aromatic heterocycles. The summed E-state index contributed by atoms with van der Waals surface area (Å²) < 4.78 is 23.2. The van der Waals surface area contributed by atoms with E-state index in [4.69, 9.17) is 30.4 Å². The van der Waals surface area contributed by atoms with Crippen LogP contribution in [0.15, 0.2) is 0 Å². The molecule has 16 atom stereocenters. The van der Waals surface area contributed by atoms with Gasteiger partial charge >= 0.3 is 5.97 Å². The van der Waals surface area contributed by atoms with Crippen LogP contribution in [0.3, 0.4) is 0 Å². The molecule has 84 heavy (non-hydrogen) atoms. The van der Waals surface area contributed by atoms with Crippen LogP contribution in [-0.2, 0) is 81.3 Å². The van der Waals surface area contributed by atoms with E-state index in [9.17, 15) is 98.1 Å². The Morgan fingerprint density at radius 1 is 0.560 bits per heavy atom. The van der Waals surface area contributed by atoms with E-state index in [2.05, 4.69) is 58.5 Å². The molecular formula is C47H79N13O24. The summed E-state index contributed by atoms with van der Waals surface area (Å²) in [6, 6.07) is -10.4. The van der Waals surface area contributed by atoms with Gasteiger partial charge < -0.3 is 125 Å². The fraction of sp³-hybridized carbons (Fsp3) is 0.723. The summed E-state index contributed by atoms with van der Waals surface area (Å²) in [4.78, 5) is 162. The number of carbonyl (C=O) groups excluding carboxylic acids is 12. The highest BCUT2D eigenvalue weighted by Gasteiger charge is 2.53. The Bertz CT molecular complexity index is 2300.